The van der Waals surface area contributed by atoms with Crippen LogP contribution < -0.4 is 5.32 Å². The number of halogens is 3. The molecule has 5 nitrogen and oxygen atoms in total. The van der Waals surface area contributed by atoms with Crippen LogP contribution in [0.1, 0.15) is 60.4 Å². The van der Waals surface area contributed by atoms with E-state index in [9.17, 15) is 18.0 Å². The standard InChI is InChI=1S/C16H19F3N4O/c1-10-8-13(16(17,18)19)23-14(20-10)9-12(22-23)15(24)21-11-6-4-2-3-5-7-11/h8-9,11H,2-7H2,1H3,(H,21,24). The average molecular weight is 340 g/mol. The molecule has 0 aromatic carbocycles. The van der Waals surface area contributed by atoms with E-state index >= 15 is 0 Å². The third-order valence-electron chi connectivity index (χ3n) is 4.27. The molecule has 3 rings (SSSR count). The van der Waals surface area contributed by atoms with Gasteiger partial charge in [0.05, 0.1) is 0 Å². The van der Waals surface area contributed by atoms with E-state index in [2.05, 4.69) is 15.4 Å². The minimum Gasteiger partial charge on any atom is -0.348 e. The highest BCUT2D eigenvalue weighted by atomic mass is 19.4. The Kier molecular flexibility index (Phi) is 4.47. The Labute approximate surface area is 137 Å². The van der Waals surface area contributed by atoms with E-state index in [4.69, 9.17) is 0 Å². The highest BCUT2D eigenvalue weighted by Crippen LogP contribution is 2.29. The van der Waals surface area contributed by atoms with Gasteiger partial charge in [-0.25, -0.2) is 9.50 Å². The molecule has 8 heteroatoms. The number of aryl methyl sites for hydroxylation is 1. The van der Waals surface area contributed by atoms with Gasteiger partial charge in [0.1, 0.15) is 5.69 Å². The highest BCUT2D eigenvalue weighted by Gasteiger charge is 2.35. The molecule has 1 saturated carbocycles. The summed E-state index contributed by atoms with van der Waals surface area (Å²) >= 11 is 0. The smallest absolute Gasteiger partial charge is 0.348 e. The zero-order valence-corrected chi connectivity index (χ0v) is 13.4. The van der Waals surface area contributed by atoms with Crippen molar-refractivity contribution < 1.29 is 18.0 Å². The van der Waals surface area contributed by atoms with Gasteiger partial charge in [0.25, 0.3) is 5.91 Å². The summed E-state index contributed by atoms with van der Waals surface area (Å²) in [5.74, 6) is -0.446. The van der Waals surface area contributed by atoms with Crippen LogP contribution in [0.25, 0.3) is 5.65 Å². The second-order valence-electron chi connectivity index (χ2n) is 6.24. The van der Waals surface area contributed by atoms with Crippen LogP contribution in [0.4, 0.5) is 13.2 Å². The molecule has 0 spiro atoms. The van der Waals surface area contributed by atoms with Crippen LogP contribution in [0, 0.1) is 6.92 Å². The molecule has 130 valence electrons. The first-order chi connectivity index (χ1) is 11.3. The predicted octanol–water partition coefficient (Wildman–Crippen LogP) is 3.51. The maximum absolute atomic E-state index is 13.1. The first-order valence-corrected chi connectivity index (χ1v) is 8.10. The van der Waals surface area contributed by atoms with Crippen molar-refractivity contribution in [3.63, 3.8) is 0 Å². The minimum absolute atomic E-state index is 0.0216. The topological polar surface area (TPSA) is 59.3 Å². The fourth-order valence-electron chi connectivity index (χ4n) is 3.10. The summed E-state index contributed by atoms with van der Waals surface area (Å²) in [5, 5.41) is 6.72. The van der Waals surface area contributed by atoms with Gasteiger partial charge in [0, 0.05) is 17.8 Å². The summed E-state index contributed by atoms with van der Waals surface area (Å²) in [7, 11) is 0. The van der Waals surface area contributed by atoms with E-state index in [0.29, 0.717) is 4.52 Å². The van der Waals surface area contributed by atoms with Crippen molar-refractivity contribution in [3.05, 3.63) is 29.2 Å². The van der Waals surface area contributed by atoms with Crippen molar-refractivity contribution in [3.8, 4) is 0 Å². The second-order valence-corrected chi connectivity index (χ2v) is 6.24. The number of nitrogens with one attached hydrogen (secondary N) is 1. The van der Waals surface area contributed by atoms with Gasteiger partial charge in [-0.15, -0.1) is 0 Å². The Morgan fingerprint density at radius 1 is 1.21 bits per heavy atom. The number of aromatic nitrogens is 3. The fourth-order valence-corrected chi connectivity index (χ4v) is 3.10. The van der Waals surface area contributed by atoms with Gasteiger partial charge in [0.15, 0.2) is 11.3 Å². The lowest BCUT2D eigenvalue weighted by molar-refractivity contribution is -0.142. The van der Waals surface area contributed by atoms with Gasteiger partial charge >= 0.3 is 6.18 Å². The minimum atomic E-state index is -4.56. The summed E-state index contributed by atoms with van der Waals surface area (Å²) in [6.07, 6.45) is 1.63. The molecule has 0 aliphatic heterocycles. The molecule has 2 aromatic rings. The first kappa shape index (κ1) is 16.7. The molecule has 1 fully saturated rings. The molecule has 1 N–H and O–H groups in total. The maximum Gasteiger partial charge on any atom is 0.433 e. The Morgan fingerprint density at radius 3 is 2.50 bits per heavy atom. The van der Waals surface area contributed by atoms with Crippen molar-refractivity contribution >= 4 is 11.6 Å². The zero-order chi connectivity index (χ0) is 17.3. The van der Waals surface area contributed by atoms with Crippen LogP contribution >= 0.6 is 0 Å². The first-order valence-electron chi connectivity index (χ1n) is 8.10. The van der Waals surface area contributed by atoms with Gasteiger partial charge in [-0.2, -0.15) is 18.3 Å². The zero-order valence-electron chi connectivity index (χ0n) is 13.4. The molecule has 1 amide bonds. The highest BCUT2D eigenvalue weighted by molar-refractivity contribution is 5.93. The average Bonchev–Trinajstić information content (AvgIpc) is 2.75. The molecule has 2 heterocycles. The molecule has 0 bridgehead atoms. The van der Waals surface area contributed by atoms with Gasteiger partial charge in [0.2, 0.25) is 0 Å². The third kappa shape index (κ3) is 3.52. The Bertz CT molecular complexity index is 746. The van der Waals surface area contributed by atoms with Crippen LogP contribution in [0.5, 0.6) is 0 Å². The monoisotopic (exact) mass is 340 g/mol. The van der Waals surface area contributed by atoms with Crippen molar-refractivity contribution in [1.82, 2.24) is 19.9 Å². The number of carbonyl (C=O) groups is 1. The lowest BCUT2D eigenvalue weighted by Gasteiger charge is -2.15. The number of carbonyl (C=O) groups excluding carboxylic acids is 1. The molecule has 0 unspecified atom stereocenters. The Hall–Kier alpha value is -2.12. The van der Waals surface area contributed by atoms with Crippen LogP contribution in [0.2, 0.25) is 0 Å². The normalized spacial score (nSPS) is 17.0. The molecule has 0 radical (unpaired) electrons. The largest absolute Gasteiger partial charge is 0.433 e. The summed E-state index contributed by atoms with van der Waals surface area (Å²) in [6, 6.07) is 2.28. The second kappa shape index (κ2) is 6.41. The summed E-state index contributed by atoms with van der Waals surface area (Å²) in [4.78, 5) is 16.4. The Morgan fingerprint density at radius 2 is 1.88 bits per heavy atom. The summed E-state index contributed by atoms with van der Waals surface area (Å²) in [5.41, 5.74) is -0.722. The Balaban J connectivity index is 1.88. The molecular weight excluding hydrogens is 321 g/mol. The van der Waals surface area contributed by atoms with E-state index in [1.54, 1.807) is 0 Å². The quantitative estimate of drug-likeness (QED) is 0.851. The summed E-state index contributed by atoms with van der Waals surface area (Å²) in [6.45, 7) is 1.48. The van der Waals surface area contributed by atoms with Crippen molar-refractivity contribution in [2.75, 3.05) is 0 Å². The number of hydrogen-bond donors (Lipinski definition) is 1. The van der Waals surface area contributed by atoms with Crippen molar-refractivity contribution in [1.29, 1.82) is 0 Å². The van der Waals surface area contributed by atoms with Crippen LogP contribution in [0.15, 0.2) is 12.1 Å². The number of hydrogen-bond acceptors (Lipinski definition) is 3. The molecule has 2 aromatic heterocycles. The van der Waals surface area contributed by atoms with Gasteiger partial charge < -0.3 is 5.32 Å². The van der Waals surface area contributed by atoms with E-state index < -0.39 is 17.8 Å². The molecule has 24 heavy (non-hydrogen) atoms. The van der Waals surface area contributed by atoms with Gasteiger partial charge in [-0.3, -0.25) is 4.79 Å². The molecular formula is C16H19F3N4O. The van der Waals surface area contributed by atoms with Crippen molar-refractivity contribution in [2.24, 2.45) is 0 Å². The number of fused-ring (bicyclic) bond motifs is 1. The van der Waals surface area contributed by atoms with Crippen molar-refractivity contribution in [2.45, 2.75) is 57.7 Å². The lowest BCUT2D eigenvalue weighted by atomic mass is 10.1. The SMILES string of the molecule is Cc1cc(C(F)(F)F)n2nc(C(=O)NC3CCCCCC3)cc2n1. The number of nitrogens with zero attached hydrogens (tertiary/aromatic N) is 3. The number of amides is 1. The lowest BCUT2D eigenvalue weighted by Crippen LogP contribution is -2.34. The van der Waals surface area contributed by atoms with Gasteiger partial charge in [-0.05, 0) is 25.8 Å². The van der Waals surface area contributed by atoms with Gasteiger partial charge in [-0.1, -0.05) is 25.7 Å². The molecule has 0 saturated heterocycles. The number of rotatable bonds is 2. The fraction of sp³-hybridized carbons (Fsp3) is 0.562. The predicted molar refractivity (Wildman–Crippen MR) is 81.7 cm³/mol. The molecule has 0 atom stereocenters. The van der Waals surface area contributed by atoms with Crippen LogP contribution in [-0.4, -0.2) is 26.5 Å². The summed E-state index contributed by atoms with van der Waals surface area (Å²) < 4.78 is 40.1. The van der Waals surface area contributed by atoms with E-state index in [1.165, 1.54) is 13.0 Å². The molecule has 1 aliphatic rings. The van der Waals surface area contributed by atoms with E-state index in [1.807, 2.05) is 0 Å². The van der Waals surface area contributed by atoms with Crippen LogP contribution in [-0.2, 0) is 6.18 Å². The van der Waals surface area contributed by atoms with E-state index in [-0.39, 0.29) is 23.1 Å². The molecule has 1 aliphatic carbocycles. The van der Waals surface area contributed by atoms with E-state index in [0.717, 1.165) is 44.6 Å². The number of alkyl halides is 3. The van der Waals surface area contributed by atoms with Crippen LogP contribution in [0.3, 0.4) is 0 Å². The third-order valence-corrected chi connectivity index (χ3v) is 4.27. The maximum atomic E-state index is 13.1.